The molecule has 1 aliphatic heterocycles. The molecule has 1 aromatic carbocycles. The van der Waals surface area contributed by atoms with Gasteiger partial charge in [-0.3, -0.25) is 0 Å². The van der Waals surface area contributed by atoms with E-state index in [0.717, 1.165) is 12.2 Å². The Morgan fingerprint density at radius 1 is 1.31 bits per heavy atom. The van der Waals surface area contributed by atoms with Crippen LogP contribution in [0.2, 0.25) is 10.0 Å². The lowest BCUT2D eigenvalue weighted by Crippen LogP contribution is -2.29. The number of likely N-dealkylation sites (N-methyl/N-ethyl adjacent to an activating group) is 1. The first-order valence-electron chi connectivity index (χ1n) is 4.02. The van der Waals surface area contributed by atoms with Gasteiger partial charge in [0.25, 0.3) is 0 Å². The van der Waals surface area contributed by atoms with Crippen LogP contribution in [0.3, 0.4) is 0 Å². The monoisotopic (exact) mass is 217 g/mol. The SMILES string of the molecule is CN1CCOc2c(Cl)ccc(Cl)c21. The smallest absolute Gasteiger partial charge is 0.162 e. The summed E-state index contributed by atoms with van der Waals surface area (Å²) in [6.45, 7) is 1.50. The van der Waals surface area contributed by atoms with Gasteiger partial charge in [-0.25, -0.2) is 0 Å². The number of fused-ring (bicyclic) bond motifs is 1. The summed E-state index contributed by atoms with van der Waals surface area (Å²) in [7, 11) is 1.98. The molecule has 0 aromatic heterocycles. The van der Waals surface area contributed by atoms with E-state index in [2.05, 4.69) is 0 Å². The van der Waals surface area contributed by atoms with Crippen molar-refractivity contribution >= 4 is 28.9 Å². The molecule has 1 aromatic rings. The number of hydrogen-bond acceptors (Lipinski definition) is 2. The summed E-state index contributed by atoms with van der Waals surface area (Å²) in [5, 5.41) is 1.30. The van der Waals surface area contributed by atoms with Crippen LogP contribution in [0.25, 0.3) is 0 Å². The molecule has 1 heterocycles. The average molecular weight is 218 g/mol. The predicted molar refractivity (Wildman–Crippen MR) is 55.2 cm³/mol. The van der Waals surface area contributed by atoms with Crippen molar-refractivity contribution in [3.05, 3.63) is 22.2 Å². The highest BCUT2D eigenvalue weighted by Crippen LogP contribution is 2.42. The van der Waals surface area contributed by atoms with Crippen molar-refractivity contribution in [3.8, 4) is 5.75 Å². The van der Waals surface area contributed by atoms with Crippen LogP contribution in [0.1, 0.15) is 0 Å². The number of rotatable bonds is 0. The van der Waals surface area contributed by atoms with Crippen LogP contribution >= 0.6 is 23.2 Å². The first kappa shape index (κ1) is 8.97. The van der Waals surface area contributed by atoms with E-state index in [4.69, 9.17) is 27.9 Å². The zero-order valence-electron chi connectivity index (χ0n) is 7.18. The topological polar surface area (TPSA) is 12.5 Å². The van der Waals surface area contributed by atoms with E-state index < -0.39 is 0 Å². The second-order valence-corrected chi connectivity index (χ2v) is 3.79. The van der Waals surface area contributed by atoms with Gasteiger partial charge >= 0.3 is 0 Å². The number of ether oxygens (including phenoxy) is 1. The fourth-order valence-electron chi connectivity index (χ4n) is 1.41. The fraction of sp³-hybridized carbons (Fsp3) is 0.333. The Bertz CT molecular complexity index is 341. The van der Waals surface area contributed by atoms with E-state index in [0.29, 0.717) is 22.4 Å². The number of nitrogens with zero attached hydrogens (tertiary/aromatic N) is 1. The van der Waals surface area contributed by atoms with Crippen molar-refractivity contribution in [2.45, 2.75) is 0 Å². The fourth-order valence-corrected chi connectivity index (χ4v) is 1.91. The Kier molecular flexibility index (Phi) is 2.26. The van der Waals surface area contributed by atoms with Crippen LogP contribution in [0.15, 0.2) is 12.1 Å². The molecule has 70 valence electrons. The van der Waals surface area contributed by atoms with Crippen molar-refractivity contribution in [1.82, 2.24) is 0 Å². The van der Waals surface area contributed by atoms with Crippen LogP contribution in [0.4, 0.5) is 5.69 Å². The lowest BCUT2D eigenvalue weighted by Gasteiger charge is -2.29. The molecule has 2 rings (SSSR count). The zero-order chi connectivity index (χ0) is 9.42. The van der Waals surface area contributed by atoms with E-state index in [1.165, 1.54) is 0 Å². The third kappa shape index (κ3) is 1.45. The van der Waals surface area contributed by atoms with Crippen molar-refractivity contribution in [2.75, 3.05) is 25.1 Å². The van der Waals surface area contributed by atoms with E-state index in [-0.39, 0.29) is 0 Å². The Labute approximate surface area is 87.0 Å². The highest BCUT2D eigenvalue weighted by Gasteiger charge is 2.20. The van der Waals surface area contributed by atoms with E-state index in [1.54, 1.807) is 12.1 Å². The molecule has 0 saturated carbocycles. The van der Waals surface area contributed by atoms with Crippen LogP contribution < -0.4 is 9.64 Å². The second kappa shape index (κ2) is 3.28. The molecule has 13 heavy (non-hydrogen) atoms. The van der Waals surface area contributed by atoms with Gasteiger partial charge in [0.05, 0.1) is 22.3 Å². The summed E-state index contributed by atoms with van der Waals surface area (Å²) in [5.74, 6) is 0.697. The van der Waals surface area contributed by atoms with E-state index in [1.807, 2.05) is 11.9 Å². The third-order valence-corrected chi connectivity index (χ3v) is 2.69. The van der Waals surface area contributed by atoms with Crippen LogP contribution in [-0.4, -0.2) is 20.2 Å². The summed E-state index contributed by atoms with van der Waals surface area (Å²) in [4.78, 5) is 2.05. The molecule has 0 atom stereocenters. The molecular weight excluding hydrogens is 209 g/mol. The maximum atomic E-state index is 6.03. The molecule has 0 amide bonds. The normalized spacial score (nSPS) is 15.2. The molecule has 0 aliphatic carbocycles. The summed E-state index contributed by atoms with van der Waals surface area (Å²) in [5.41, 5.74) is 0.889. The first-order chi connectivity index (χ1) is 6.20. The molecule has 4 heteroatoms. The summed E-state index contributed by atoms with van der Waals surface area (Å²) < 4.78 is 5.45. The minimum absolute atomic E-state index is 0.617. The molecule has 1 aliphatic rings. The molecule has 0 unspecified atom stereocenters. The standard InChI is InChI=1S/C9H9Cl2NO/c1-12-4-5-13-9-7(11)3-2-6(10)8(9)12/h2-3H,4-5H2,1H3. The van der Waals surface area contributed by atoms with E-state index in [9.17, 15) is 0 Å². The Balaban J connectivity index is 2.60. The highest BCUT2D eigenvalue weighted by molar-refractivity contribution is 6.36. The summed E-state index contributed by atoms with van der Waals surface area (Å²) >= 11 is 12.0. The molecule has 2 nitrogen and oxygen atoms in total. The van der Waals surface area contributed by atoms with Crippen LogP contribution in [0, 0.1) is 0 Å². The van der Waals surface area contributed by atoms with Gasteiger partial charge in [0.1, 0.15) is 6.61 Å². The quantitative estimate of drug-likeness (QED) is 0.663. The van der Waals surface area contributed by atoms with Gasteiger partial charge in [0.2, 0.25) is 0 Å². The minimum Gasteiger partial charge on any atom is -0.488 e. The zero-order valence-corrected chi connectivity index (χ0v) is 8.69. The van der Waals surface area contributed by atoms with E-state index >= 15 is 0 Å². The van der Waals surface area contributed by atoms with Crippen molar-refractivity contribution in [2.24, 2.45) is 0 Å². The molecule has 0 bridgehead atoms. The van der Waals surface area contributed by atoms with Gasteiger partial charge in [-0.2, -0.15) is 0 Å². The second-order valence-electron chi connectivity index (χ2n) is 2.98. The third-order valence-electron chi connectivity index (χ3n) is 2.09. The van der Waals surface area contributed by atoms with Crippen molar-refractivity contribution in [1.29, 1.82) is 0 Å². The van der Waals surface area contributed by atoms with Gasteiger partial charge in [0, 0.05) is 7.05 Å². The number of hydrogen-bond donors (Lipinski definition) is 0. The Morgan fingerprint density at radius 2 is 2.00 bits per heavy atom. The molecule has 0 spiro atoms. The maximum Gasteiger partial charge on any atom is 0.162 e. The number of anilines is 1. The predicted octanol–water partition coefficient (Wildman–Crippen LogP) is 2.82. The maximum absolute atomic E-state index is 6.03. The van der Waals surface area contributed by atoms with Crippen LogP contribution in [-0.2, 0) is 0 Å². The molecular formula is C9H9Cl2NO. The minimum atomic E-state index is 0.617. The van der Waals surface area contributed by atoms with Gasteiger partial charge in [0.15, 0.2) is 5.75 Å². The van der Waals surface area contributed by atoms with Crippen molar-refractivity contribution < 1.29 is 4.74 Å². The molecule has 0 fully saturated rings. The molecule has 0 N–H and O–H groups in total. The Morgan fingerprint density at radius 3 is 2.69 bits per heavy atom. The average Bonchev–Trinajstić information content (AvgIpc) is 2.12. The largest absolute Gasteiger partial charge is 0.488 e. The van der Waals surface area contributed by atoms with Crippen LogP contribution in [0.5, 0.6) is 5.75 Å². The lowest BCUT2D eigenvalue weighted by atomic mass is 10.2. The lowest BCUT2D eigenvalue weighted by molar-refractivity contribution is 0.311. The molecule has 0 radical (unpaired) electrons. The first-order valence-corrected chi connectivity index (χ1v) is 4.77. The van der Waals surface area contributed by atoms with Gasteiger partial charge in [-0.15, -0.1) is 0 Å². The number of benzene rings is 1. The van der Waals surface area contributed by atoms with Gasteiger partial charge in [-0.1, -0.05) is 23.2 Å². The summed E-state index contributed by atoms with van der Waals surface area (Å²) in [6, 6.07) is 3.54. The summed E-state index contributed by atoms with van der Waals surface area (Å²) in [6.07, 6.45) is 0. The van der Waals surface area contributed by atoms with Gasteiger partial charge in [-0.05, 0) is 12.1 Å². The highest BCUT2D eigenvalue weighted by atomic mass is 35.5. The Hall–Kier alpha value is -0.600. The number of halogens is 2. The molecule has 0 saturated heterocycles. The van der Waals surface area contributed by atoms with Gasteiger partial charge < -0.3 is 9.64 Å². The van der Waals surface area contributed by atoms with Crippen molar-refractivity contribution in [3.63, 3.8) is 0 Å².